The monoisotopic (exact) mass is 322 g/mol. The Balaban J connectivity index is 2.97. The predicted molar refractivity (Wildman–Crippen MR) is 63.6 cm³/mol. The molecular weight excluding hydrogens is 316 g/mol. The molecule has 96 valence electrons. The van der Waals surface area contributed by atoms with E-state index < -0.39 is 17.7 Å². The molecule has 2 N–H and O–H groups in total. The van der Waals surface area contributed by atoms with Crippen molar-refractivity contribution in [2.24, 2.45) is 0 Å². The molecule has 0 unspecified atom stereocenters. The second-order valence-electron chi connectivity index (χ2n) is 3.75. The van der Waals surface area contributed by atoms with Crippen molar-refractivity contribution in [3.8, 4) is 0 Å². The van der Waals surface area contributed by atoms with E-state index >= 15 is 0 Å². The molecule has 0 radical (unpaired) electrons. The maximum Gasteiger partial charge on any atom is 0.433 e. The van der Waals surface area contributed by atoms with Gasteiger partial charge in [0.25, 0.3) is 0 Å². The molecule has 0 fully saturated rings. The van der Waals surface area contributed by atoms with Crippen LogP contribution in [0.2, 0.25) is 0 Å². The Morgan fingerprint density at radius 2 is 1.89 bits per heavy atom. The zero-order chi connectivity index (χ0) is 13.7. The van der Waals surface area contributed by atoms with Gasteiger partial charge >= 0.3 is 6.18 Å². The average molecular weight is 323 g/mol. The van der Waals surface area contributed by atoms with Crippen LogP contribution in [-0.2, 0) is 6.18 Å². The molecule has 0 aliphatic rings. The van der Waals surface area contributed by atoms with Crippen LogP contribution in [0.15, 0.2) is 16.6 Å². The third-order valence-electron chi connectivity index (χ3n) is 2.60. The summed E-state index contributed by atoms with van der Waals surface area (Å²) in [6.07, 6.45) is -4.67. The topological polar surface area (TPSA) is 38.9 Å². The molecule has 0 saturated carbocycles. The normalized spacial score (nSPS) is 12.1. The van der Waals surface area contributed by atoms with Gasteiger partial charge in [-0.2, -0.15) is 13.2 Å². The van der Waals surface area contributed by atoms with Crippen LogP contribution in [-0.4, -0.2) is 4.98 Å². The van der Waals surface area contributed by atoms with Gasteiger partial charge in [0.15, 0.2) is 0 Å². The van der Waals surface area contributed by atoms with Gasteiger partial charge in [-0.15, -0.1) is 0 Å². The van der Waals surface area contributed by atoms with E-state index in [4.69, 9.17) is 5.73 Å². The number of hydrogen-bond acceptors (Lipinski definition) is 2. The maximum absolute atomic E-state index is 13.5. The molecule has 1 aromatic heterocycles. The lowest BCUT2D eigenvalue weighted by Gasteiger charge is -2.14. The minimum Gasteiger partial charge on any atom is -0.398 e. The van der Waals surface area contributed by atoms with Gasteiger partial charge in [0.05, 0.1) is 0 Å². The standard InChI is InChI=1S/C11H7BrF4N2/c1-4-8(17)7-5(12)2-3-6(13)9(7)18-10(4)11(14,15)16/h2-3H,1H3,(H2,17,18). The van der Waals surface area contributed by atoms with Gasteiger partial charge in [0, 0.05) is 21.1 Å². The van der Waals surface area contributed by atoms with Crippen LogP contribution in [0.25, 0.3) is 10.9 Å². The molecule has 2 aromatic rings. The molecule has 2 nitrogen and oxygen atoms in total. The lowest BCUT2D eigenvalue weighted by molar-refractivity contribution is -0.141. The summed E-state index contributed by atoms with van der Waals surface area (Å²) in [5.41, 5.74) is 3.76. The molecule has 2 rings (SSSR count). The summed E-state index contributed by atoms with van der Waals surface area (Å²) in [5.74, 6) is -0.842. The number of rotatable bonds is 0. The molecule has 0 bridgehead atoms. The highest BCUT2D eigenvalue weighted by Gasteiger charge is 2.36. The highest BCUT2D eigenvalue weighted by Crippen LogP contribution is 2.38. The Morgan fingerprint density at radius 3 is 2.44 bits per heavy atom. The lowest BCUT2D eigenvalue weighted by Crippen LogP contribution is -2.13. The highest BCUT2D eigenvalue weighted by molar-refractivity contribution is 9.10. The smallest absolute Gasteiger partial charge is 0.398 e. The lowest BCUT2D eigenvalue weighted by atomic mass is 10.1. The van der Waals surface area contributed by atoms with E-state index in [1.807, 2.05) is 0 Å². The third-order valence-corrected chi connectivity index (χ3v) is 3.26. The van der Waals surface area contributed by atoms with Crippen molar-refractivity contribution in [3.63, 3.8) is 0 Å². The number of fused-ring (bicyclic) bond motifs is 1. The minimum atomic E-state index is -4.67. The summed E-state index contributed by atoms with van der Waals surface area (Å²) in [5, 5.41) is 0.153. The fraction of sp³-hybridized carbons (Fsp3) is 0.182. The molecule has 0 saturated heterocycles. The van der Waals surface area contributed by atoms with Crippen LogP contribution in [0.5, 0.6) is 0 Å². The van der Waals surface area contributed by atoms with Crippen molar-refractivity contribution in [2.75, 3.05) is 5.73 Å². The number of nitrogen functional groups attached to an aromatic ring is 1. The summed E-state index contributed by atoms with van der Waals surface area (Å²) in [6.45, 7) is 1.21. The predicted octanol–water partition coefficient (Wildman–Crippen LogP) is 4.05. The first-order chi connectivity index (χ1) is 8.23. The van der Waals surface area contributed by atoms with Gasteiger partial charge in [0.2, 0.25) is 0 Å². The maximum atomic E-state index is 13.5. The van der Waals surface area contributed by atoms with Gasteiger partial charge < -0.3 is 5.73 Å². The number of nitrogens with zero attached hydrogens (tertiary/aromatic N) is 1. The molecule has 7 heteroatoms. The van der Waals surface area contributed by atoms with E-state index in [0.717, 1.165) is 6.07 Å². The van der Waals surface area contributed by atoms with Gasteiger partial charge in [-0.1, -0.05) is 15.9 Å². The van der Waals surface area contributed by atoms with E-state index in [2.05, 4.69) is 20.9 Å². The zero-order valence-electron chi connectivity index (χ0n) is 9.07. The summed E-state index contributed by atoms with van der Waals surface area (Å²) in [4.78, 5) is 3.36. The van der Waals surface area contributed by atoms with Crippen LogP contribution in [0.1, 0.15) is 11.3 Å². The van der Waals surface area contributed by atoms with E-state index in [1.165, 1.54) is 13.0 Å². The highest BCUT2D eigenvalue weighted by atomic mass is 79.9. The van der Waals surface area contributed by atoms with Gasteiger partial charge in [-0.05, 0) is 19.1 Å². The van der Waals surface area contributed by atoms with Crippen LogP contribution in [0.3, 0.4) is 0 Å². The number of benzene rings is 1. The Kier molecular flexibility index (Phi) is 2.96. The van der Waals surface area contributed by atoms with E-state index in [0.29, 0.717) is 4.47 Å². The van der Waals surface area contributed by atoms with Gasteiger partial charge in [-0.25, -0.2) is 9.37 Å². The Bertz CT molecular complexity index is 637. The third kappa shape index (κ3) is 1.92. The number of nitrogens with two attached hydrogens (primary N) is 1. The molecule has 1 aromatic carbocycles. The molecule has 0 spiro atoms. The van der Waals surface area contributed by atoms with E-state index in [9.17, 15) is 17.6 Å². The van der Waals surface area contributed by atoms with Crippen LogP contribution in [0.4, 0.5) is 23.2 Å². The fourth-order valence-electron chi connectivity index (χ4n) is 1.69. The van der Waals surface area contributed by atoms with E-state index in [1.54, 1.807) is 0 Å². The Morgan fingerprint density at radius 1 is 1.28 bits per heavy atom. The largest absolute Gasteiger partial charge is 0.433 e. The SMILES string of the molecule is Cc1c(C(F)(F)F)nc2c(F)ccc(Br)c2c1N. The minimum absolute atomic E-state index is 0.126. The summed E-state index contributed by atoms with van der Waals surface area (Å²) in [7, 11) is 0. The number of alkyl halides is 3. The molecule has 0 atom stereocenters. The summed E-state index contributed by atoms with van der Waals surface area (Å²) >= 11 is 3.12. The van der Waals surface area contributed by atoms with Crippen molar-refractivity contribution in [1.82, 2.24) is 4.98 Å². The molecule has 0 amide bonds. The number of hydrogen-bond donors (Lipinski definition) is 1. The summed E-state index contributed by atoms with van der Waals surface area (Å²) < 4.78 is 52.2. The molecule has 0 aliphatic heterocycles. The molecule has 18 heavy (non-hydrogen) atoms. The average Bonchev–Trinajstić information content (AvgIpc) is 2.26. The zero-order valence-corrected chi connectivity index (χ0v) is 10.7. The van der Waals surface area contributed by atoms with Crippen LogP contribution in [0, 0.1) is 12.7 Å². The van der Waals surface area contributed by atoms with Crippen molar-refractivity contribution < 1.29 is 17.6 Å². The van der Waals surface area contributed by atoms with Crippen LogP contribution >= 0.6 is 15.9 Å². The van der Waals surface area contributed by atoms with Crippen molar-refractivity contribution in [3.05, 3.63) is 33.7 Å². The van der Waals surface area contributed by atoms with Gasteiger partial charge in [0.1, 0.15) is 17.0 Å². The summed E-state index contributed by atoms with van der Waals surface area (Å²) in [6, 6.07) is 2.41. The second kappa shape index (κ2) is 4.08. The Labute approximate surface area is 108 Å². The van der Waals surface area contributed by atoms with E-state index in [-0.39, 0.29) is 22.2 Å². The van der Waals surface area contributed by atoms with Crippen molar-refractivity contribution in [1.29, 1.82) is 0 Å². The van der Waals surface area contributed by atoms with Crippen LogP contribution < -0.4 is 5.73 Å². The number of halogens is 5. The molecular formula is C11H7BrF4N2. The van der Waals surface area contributed by atoms with Crippen molar-refractivity contribution >= 4 is 32.5 Å². The second-order valence-corrected chi connectivity index (χ2v) is 4.60. The molecule has 0 aliphatic carbocycles. The number of pyridine rings is 1. The molecule has 1 heterocycles. The van der Waals surface area contributed by atoms with Gasteiger partial charge in [-0.3, -0.25) is 0 Å². The number of anilines is 1. The number of aromatic nitrogens is 1. The Hall–Kier alpha value is -1.37. The van der Waals surface area contributed by atoms with Crippen molar-refractivity contribution in [2.45, 2.75) is 13.1 Å². The quantitative estimate of drug-likeness (QED) is 0.743. The first kappa shape index (κ1) is 13.1. The first-order valence-electron chi connectivity index (χ1n) is 4.84. The first-order valence-corrected chi connectivity index (χ1v) is 5.63. The fourth-order valence-corrected chi connectivity index (χ4v) is 2.23.